The Morgan fingerprint density at radius 2 is 1.81 bits per heavy atom. The highest BCUT2D eigenvalue weighted by Gasteiger charge is 2.30. The molecular weight excluding hydrogens is 408 g/mol. The Kier molecular flexibility index (Phi) is 6.79. The van der Waals surface area contributed by atoms with Gasteiger partial charge in [0.2, 0.25) is 0 Å². The first-order chi connectivity index (χ1) is 15.2. The maximum Gasteiger partial charge on any atom is 0.322 e. The van der Waals surface area contributed by atoms with E-state index < -0.39 is 10.8 Å². The third-order valence-corrected chi connectivity index (χ3v) is 6.95. The molecule has 2 atom stereocenters. The summed E-state index contributed by atoms with van der Waals surface area (Å²) < 4.78 is 12.6. The maximum atomic E-state index is 13.1. The smallest absolute Gasteiger partial charge is 0.322 e. The summed E-state index contributed by atoms with van der Waals surface area (Å²) in [6, 6.07) is 24.7. The van der Waals surface area contributed by atoms with Gasteiger partial charge in [-0.2, -0.15) is 0 Å². The van der Waals surface area contributed by atoms with Crippen LogP contribution < -0.4 is 5.32 Å². The summed E-state index contributed by atoms with van der Waals surface area (Å²) in [5, 5.41) is 12.5. The highest BCUT2D eigenvalue weighted by molar-refractivity contribution is 7.84. The molecule has 0 saturated carbocycles. The molecule has 2 N–H and O–H groups in total. The molecular formula is C25H26N2O3S. The summed E-state index contributed by atoms with van der Waals surface area (Å²) in [6.45, 7) is 0.171. The number of nitrogens with one attached hydrogen (secondary N) is 1. The number of rotatable bonds is 7. The van der Waals surface area contributed by atoms with E-state index in [9.17, 15) is 14.1 Å². The Bertz CT molecular complexity index is 1070. The number of aryl methyl sites for hydroxylation is 1. The minimum absolute atomic E-state index is 0.0443. The average Bonchev–Trinajstić information content (AvgIpc) is 3.22. The summed E-state index contributed by atoms with van der Waals surface area (Å²) in [4.78, 5) is 15.6. The zero-order valence-electron chi connectivity index (χ0n) is 17.2. The predicted octanol–water partition coefficient (Wildman–Crippen LogP) is 4.51. The van der Waals surface area contributed by atoms with E-state index in [1.165, 1.54) is 5.56 Å². The van der Waals surface area contributed by atoms with Crippen LogP contribution in [0.5, 0.6) is 0 Å². The van der Waals surface area contributed by atoms with E-state index in [2.05, 4.69) is 17.4 Å². The number of nitrogens with zero attached hydrogens (tertiary/aromatic N) is 1. The predicted molar refractivity (Wildman–Crippen MR) is 123 cm³/mol. The van der Waals surface area contributed by atoms with E-state index >= 15 is 0 Å². The van der Waals surface area contributed by atoms with Crippen molar-refractivity contribution in [1.82, 2.24) is 4.90 Å². The second kappa shape index (κ2) is 9.90. The fourth-order valence-corrected chi connectivity index (χ4v) is 5.22. The Morgan fingerprint density at radius 3 is 2.61 bits per heavy atom. The van der Waals surface area contributed by atoms with Gasteiger partial charge < -0.3 is 15.3 Å². The van der Waals surface area contributed by atoms with Gasteiger partial charge in [-0.1, -0.05) is 54.6 Å². The molecule has 160 valence electrons. The number of benzene rings is 3. The first kappa shape index (κ1) is 21.3. The van der Waals surface area contributed by atoms with Gasteiger partial charge in [-0.3, -0.25) is 4.21 Å². The van der Waals surface area contributed by atoms with Gasteiger partial charge in [0.25, 0.3) is 0 Å². The van der Waals surface area contributed by atoms with E-state index in [0.29, 0.717) is 11.4 Å². The summed E-state index contributed by atoms with van der Waals surface area (Å²) in [5.41, 5.74) is 3.95. The summed E-state index contributed by atoms with van der Waals surface area (Å²) >= 11 is 0. The van der Waals surface area contributed by atoms with Crippen LogP contribution in [0.25, 0.3) is 0 Å². The fourth-order valence-electron chi connectivity index (χ4n) is 4.11. The van der Waals surface area contributed by atoms with Crippen molar-refractivity contribution in [3.63, 3.8) is 0 Å². The number of anilines is 1. The molecule has 3 aromatic carbocycles. The van der Waals surface area contributed by atoms with Gasteiger partial charge in [0, 0.05) is 17.1 Å². The van der Waals surface area contributed by atoms with Crippen LogP contribution in [-0.4, -0.2) is 33.4 Å². The van der Waals surface area contributed by atoms with Gasteiger partial charge >= 0.3 is 6.03 Å². The van der Waals surface area contributed by atoms with Crippen LogP contribution in [0, 0.1) is 0 Å². The monoisotopic (exact) mass is 434 g/mol. The van der Waals surface area contributed by atoms with Crippen LogP contribution in [0.1, 0.15) is 29.2 Å². The third kappa shape index (κ3) is 5.03. The zero-order valence-corrected chi connectivity index (χ0v) is 18.1. The van der Waals surface area contributed by atoms with E-state index in [-0.39, 0.29) is 25.2 Å². The van der Waals surface area contributed by atoms with Crippen molar-refractivity contribution in [2.75, 3.05) is 18.5 Å². The Morgan fingerprint density at radius 1 is 1.03 bits per heavy atom. The molecule has 2 amide bonds. The molecule has 1 aliphatic carbocycles. The number of urea groups is 1. The van der Waals surface area contributed by atoms with Crippen molar-refractivity contribution in [2.24, 2.45) is 0 Å². The van der Waals surface area contributed by atoms with Gasteiger partial charge in [-0.05, 0) is 53.8 Å². The van der Waals surface area contributed by atoms with E-state index in [4.69, 9.17) is 0 Å². The topological polar surface area (TPSA) is 69.6 Å². The largest absolute Gasteiger partial charge is 0.395 e. The number of amides is 2. The van der Waals surface area contributed by atoms with Gasteiger partial charge in [0.1, 0.15) is 0 Å². The van der Waals surface area contributed by atoms with Crippen LogP contribution in [0.15, 0.2) is 83.8 Å². The molecule has 1 aliphatic rings. The van der Waals surface area contributed by atoms with Crippen LogP contribution >= 0.6 is 0 Å². The number of hydrogen-bond donors (Lipinski definition) is 2. The number of aliphatic hydroxyl groups is 1. The lowest BCUT2D eigenvalue weighted by Gasteiger charge is -2.29. The van der Waals surface area contributed by atoms with Gasteiger partial charge in [-0.15, -0.1) is 0 Å². The Balaban J connectivity index is 1.47. The second-order valence-electron chi connectivity index (χ2n) is 7.60. The number of fused-ring (bicyclic) bond motifs is 1. The Hall–Kier alpha value is -2.96. The zero-order chi connectivity index (χ0) is 21.6. The van der Waals surface area contributed by atoms with E-state index in [1.807, 2.05) is 66.7 Å². The molecule has 0 aromatic heterocycles. The van der Waals surface area contributed by atoms with Gasteiger partial charge in [0.15, 0.2) is 0 Å². The molecule has 0 fully saturated rings. The molecule has 0 saturated heterocycles. The molecule has 3 aromatic rings. The standard InChI is InChI=1S/C25H26N2O3S/c28-16-15-27(24-14-13-20-8-4-5-12-23(20)24)25(29)26-21-9-6-7-19(17-21)18-31(30)22-10-2-1-3-11-22/h1-12,17,24,28H,13-16,18H2,(H,26,29)/t24-,31+/m0/s1. The molecule has 0 unspecified atom stereocenters. The van der Waals surface area contributed by atoms with Crippen molar-refractivity contribution in [3.05, 3.63) is 95.6 Å². The van der Waals surface area contributed by atoms with Crippen molar-refractivity contribution >= 4 is 22.5 Å². The van der Waals surface area contributed by atoms with Crippen molar-refractivity contribution in [3.8, 4) is 0 Å². The van der Waals surface area contributed by atoms with Crippen LogP contribution in [0.4, 0.5) is 10.5 Å². The minimum Gasteiger partial charge on any atom is -0.395 e. The highest BCUT2D eigenvalue weighted by Crippen LogP contribution is 2.35. The van der Waals surface area contributed by atoms with Crippen molar-refractivity contribution < 1.29 is 14.1 Å². The lowest BCUT2D eigenvalue weighted by molar-refractivity contribution is 0.162. The molecule has 4 rings (SSSR count). The van der Waals surface area contributed by atoms with Crippen LogP contribution in [0.3, 0.4) is 0 Å². The van der Waals surface area contributed by atoms with Gasteiger partial charge in [0.05, 0.1) is 29.2 Å². The first-order valence-electron chi connectivity index (χ1n) is 10.4. The van der Waals surface area contributed by atoms with Gasteiger partial charge in [-0.25, -0.2) is 4.79 Å². The number of aliphatic hydroxyl groups excluding tert-OH is 1. The first-order valence-corrected chi connectivity index (χ1v) is 11.8. The van der Waals surface area contributed by atoms with E-state index in [0.717, 1.165) is 28.9 Å². The lowest BCUT2D eigenvalue weighted by atomic mass is 10.1. The van der Waals surface area contributed by atoms with Crippen molar-refractivity contribution in [2.45, 2.75) is 29.5 Å². The summed E-state index contributed by atoms with van der Waals surface area (Å²) in [7, 11) is -1.15. The molecule has 0 aliphatic heterocycles. The fraction of sp³-hybridized carbons (Fsp3) is 0.240. The molecule has 5 nitrogen and oxygen atoms in total. The lowest BCUT2D eigenvalue weighted by Crippen LogP contribution is -2.39. The molecule has 0 radical (unpaired) electrons. The third-order valence-electron chi connectivity index (χ3n) is 5.56. The average molecular weight is 435 g/mol. The van der Waals surface area contributed by atoms with Crippen molar-refractivity contribution in [1.29, 1.82) is 0 Å². The SMILES string of the molecule is O=C(Nc1cccc(C[S@@](=O)c2ccccc2)c1)N(CCO)[C@H]1CCc2ccccc21. The quantitative estimate of drug-likeness (QED) is 0.575. The molecule has 0 bridgehead atoms. The molecule has 31 heavy (non-hydrogen) atoms. The van der Waals surface area contributed by atoms with Crippen LogP contribution in [-0.2, 0) is 23.0 Å². The van der Waals surface area contributed by atoms with Crippen LogP contribution in [0.2, 0.25) is 0 Å². The number of hydrogen-bond acceptors (Lipinski definition) is 3. The summed E-state index contributed by atoms with van der Waals surface area (Å²) in [6.07, 6.45) is 1.78. The number of carbonyl (C=O) groups is 1. The van der Waals surface area contributed by atoms with E-state index in [1.54, 1.807) is 4.90 Å². The summed E-state index contributed by atoms with van der Waals surface area (Å²) in [5.74, 6) is 0.379. The molecule has 0 spiro atoms. The maximum absolute atomic E-state index is 13.1. The highest BCUT2D eigenvalue weighted by atomic mass is 32.2. The number of carbonyl (C=O) groups excluding carboxylic acids is 1. The second-order valence-corrected chi connectivity index (χ2v) is 9.05. The molecule has 6 heteroatoms. The minimum atomic E-state index is -1.15. The molecule has 0 heterocycles. The normalized spacial score (nSPS) is 15.8. The Labute approximate surface area is 185 Å².